The van der Waals surface area contributed by atoms with Crippen LogP contribution in [0.3, 0.4) is 0 Å². The minimum absolute atomic E-state index is 0.00672. The molecule has 5 aromatic rings. The van der Waals surface area contributed by atoms with Crippen LogP contribution in [0.5, 0.6) is 0 Å². The zero-order valence-electron chi connectivity index (χ0n) is 38.0. The van der Waals surface area contributed by atoms with Gasteiger partial charge in [-0.3, -0.25) is 9.59 Å². The fourth-order valence-electron chi connectivity index (χ4n) is 12.0. The molecule has 18 heteroatoms. The van der Waals surface area contributed by atoms with Crippen LogP contribution in [0.1, 0.15) is 101 Å². The number of ether oxygens (including phenoxy) is 1. The number of halogens is 4. The van der Waals surface area contributed by atoms with Crippen molar-refractivity contribution in [3.63, 3.8) is 0 Å². The first-order valence-electron chi connectivity index (χ1n) is 24.1. The van der Waals surface area contributed by atoms with Crippen LogP contribution in [0.4, 0.5) is 27.2 Å². The maximum absolute atomic E-state index is 14.3. The van der Waals surface area contributed by atoms with E-state index in [0.29, 0.717) is 24.0 Å². The van der Waals surface area contributed by atoms with E-state index in [1.807, 2.05) is 35.2 Å². The zero-order valence-corrected chi connectivity index (χ0v) is 38.0. The Hall–Kier alpha value is -6.46. The van der Waals surface area contributed by atoms with Crippen LogP contribution >= 0.6 is 0 Å². The van der Waals surface area contributed by atoms with Crippen molar-refractivity contribution >= 4 is 34.8 Å². The highest BCUT2D eigenvalue weighted by atomic mass is 19.3. The molecule has 11 rings (SSSR count). The number of hydrogen-bond acceptors (Lipinski definition) is 7. The van der Waals surface area contributed by atoms with E-state index >= 15 is 0 Å². The van der Waals surface area contributed by atoms with Crippen molar-refractivity contribution in [3.05, 3.63) is 84.7 Å². The minimum Gasteiger partial charge on any atom is -0.465 e. The molecular formula is C51H54F4N8O6. The molecule has 4 aliphatic carbocycles. The Bertz CT molecular complexity index is 2800. The standard InChI is InChI=1S/C51H54F4N8O6/c1-69-49(68)61-43(29-12-16-51(54,55)17-13-29)47(65)63-39-21-35(39)23-41(63)45-57-25-37(59-45)33-9-8-31-18-30(6-7-32(31)19-33)26-2-4-27(5-3-26)36-24-56-44(58-36)40-22-34-20-38(34)62(40)46(64)42(60-48(66)67)28-10-14-50(52,53)15-11-28/h2-9,18-19,24-25,28-29,34-35,38-43,60H,10-17,20-23H2,1H3,(H,56,58)(H,57,59)(H,61,68)(H,66,67)/t34-,35+,38-,39-,40+,41+,42+,43+/m1/s1. The second-order valence-corrected chi connectivity index (χ2v) is 20.3. The second kappa shape index (κ2) is 17.2. The third kappa shape index (κ3) is 8.79. The van der Waals surface area contributed by atoms with Gasteiger partial charge in [0.1, 0.15) is 23.7 Å². The first kappa shape index (κ1) is 45.0. The molecule has 6 aliphatic rings. The lowest BCUT2D eigenvalue weighted by molar-refractivity contribution is -0.139. The molecule has 0 radical (unpaired) electrons. The molecule has 0 unspecified atom stereocenters. The summed E-state index contributed by atoms with van der Waals surface area (Å²) in [4.78, 5) is 72.4. The van der Waals surface area contributed by atoms with E-state index in [1.54, 1.807) is 17.3 Å². The number of hydrogen-bond donors (Lipinski definition) is 5. The molecule has 14 nitrogen and oxygen atoms in total. The van der Waals surface area contributed by atoms with Crippen molar-refractivity contribution in [3.8, 4) is 33.6 Å². The Morgan fingerprint density at radius 3 is 1.57 bits per heavy atom. The second-order valence-electron chi connectivity index (χ2n) is 20.3. The molecule has 2 saturated heterocycles. The van der Waals surface area contributed by atoms with Crippen LogP contribution in [-0.2, 0) is 14.3 Å². The molecule has 362 valence electrons. The summed E-state index contributed by atoms with van der Waals surface area (Å²) >= 11 is 0. The number of carbonyl (C=O) groups is 4. The van der Waals surface area contributed by atoms with Crippen molar-refractivity contribution < 1.29 is 46.6 Å². The van der Waals surface area contributed by atoms with Crippen molar-refractivity contribution in [2.45, 2.75) is 125 Å². The van der Waals surface area contributed by atoms with Crippen molar-refractivity contribution in [1.29, 1.82) is 0 Å². The monoisotopic (exact) mass is 950 g/mol. The van der Waals surface area contributed by atoms with E-state index < -0.39 is 48.0 Å². The van der Waals surface area contributed by atoms with Crippen molar-refractivity contribution in [1.82, 2.24) is 40.4 Å². The number of fused-ring (bicyclic) bond motifs is 3. The lowest BCUT2D eigenvalue weighted by Gasteiger charge is -2.37. The highest BCUT2D eigenvalue weighted by Gasteiger charge is 2.58. The van der Waals surface area contributed by atoms with Crippen LogP contribution in [0.2, 0.25) is 0 Å². The number of rotatable bonds is 11. The van der Waals surface area contributed by atoms with Gasteiger partial charge in [-0.15, -0.1) is 0 Å². The van der Waals surface area contributed by atoms with Crippen LogP contribution < -0.4 is 10.6 Å². The third-order valence-electron chi connectivity index (χ3n) is 16.0. The number of imidazole rings is 2. The fraction of sp³-hybridized carbons (Fsp3) is 0.490. The van der Waals surface area contributed by atoms with E-state index in [4.69, 9.17) is 9.72 Å². The van der Waals surface area contributed by atoms with E-state index in [0.717, 1.165) is 63.7 Å². The van der Waals surface area contributed by atoms with Gasteiger partial charge in [0.05, 0.1) is 43.0 Å². The number of alkyl carbamates (subject to hydrolysis) is 1. The number of piperidine rings is 2. The highest BCUT2D eigenvalue weighted by molar-refractivity contribution is 5.91. The largest absolute Gasteiger partial charge is 0.465 e. The number of aromatic nitrogens is 4. The molecule has 2 aromatic heterocycles. The highest BCUT2D eigenvalue weighted by Crippen LogP contribution is 2.55. The smallest absolute Gasteiger partial charge is 0.407 e. The molecular weight excluding hydrogens is 897 g/mol. The van der Waals surface area contributed by atoms with Gasteiger partial charge < -0.3 is 40.2 Å². The Morgan fingerprint density at radius 2 is 1.07 bits per heavy atom. The average Bonchev–Trinajstić information content (AvgIpc) is 3.92. The van der Waals surface area contributed by atoms with Gasteiger partial charge in [0.2, 0.25) is 23.7 Å². The number of H-pyrrole nitrogens is 2. The summed E-state index contributed by atoms with van der Waals surface area (Å²) in [6, 6.07) is 17.7. The molecule has 4 amide bonds. The maximum atomic E-state index is 14.3. The fourth-order valence-corrected chi connectivity index (χ4v) is 12.0. The number of alkyl halides is 4. The normalized spacial score (nSPS) is 26.7. The van der Waals surface area contributed by atoms with Crippen molar-refractivity contribution in [2.75, 3.05) is 7.11 Å². The van der Waals surface area contributed by atoms with Gasteiger partial charge in [-0.2, -0.15) is 0 Å². The van der Waals surface area contributed by atoms with Gasteiger partial charge in [-0.05, 0) is 115 Å². The number of aromatic amines is 2. The predicted molar refractivity (Wildman–Crippen MR) is 245 cm³/mol. The van der Waals surface area contributed by atoms with Gasteiger partial charge in [0.15, 0.2) is 0 Å². The first-order chi connectivity index (χ1) is 33.1. The number of likely N-dealkylation sites (tertiary alicyclic amines) is 2. The molecule has 0 spiro atoms. The Balaban J connectivity index is 0.762. The number of methoxy groups -OCH3 is 1. The number of nitrogens with zero attached hydrogens (tertiary/aromatic N) is 4. The number of nitrogens with one attached hydrogen (secondary N) is 4. The lowest BCUT2D eigenvalue weighted by atomic mass is 9.81. The maximum Gasteiger partial charge on any atom is 0.407 e. The summed E-state index contributed by atoms with van der Waals surface area (Å²) < 4.78 is 61.0. The summed E-state index contributed by atoms with van der Waals surface area (Å²) in [5.41, 5.74) is 5.40. The van der Waals surface area contributed by atoms with Gasteiger partial charge >= 0.3 is 12.2 Å². The SMILES string of the molecule is COC(=O)N[C@H](C(=O)N1[C@@H]2C[C@H]2C[C@H]1c1ncc(-c2ccc3cc(-c4ccc(-c5cnc([C@@H]6C[C@H]7C[C@H]7N6C(=O)[C@@H](NC(=O)O)C6CCC(F)(F)CC6)[nH]5)cc4)ccc3c2)[nH]1)C1CCC(F)(F)CC1. The number of carboxylic acid groups (broad SMARTS) is 1. The quantitative estimate of drug-likeness (QED) is 0.0811. The van der Waals surface area contributed by atoms with Crippen LogP contribution in [-0.4, -0.2) is 102 Å². The molecule has 8 atom stereocenters. The van der Waals surface area contributed by atoms with Gasteiger partial charge in [0, 0.05) is 43.3 Å². The van der Waals surface area contributed by atoms with Crippen LogP contribution in [0.25, 0.3) is 44.4 Å². The van der Waals surface area contributed by atoms with Crippen molar-refractivity contribution in [2.24, 2.45) is 23.7 Å². The van der Waals surface area contributed by atoms with E-state index in [1.165, 1.54) is 7.11 Å². The number of carbonyl (C=O) groups excluding carboxylic acids is 3. The molecule has 4 heterocycles. The van der Waals surface area contributed by atoms with Crippen LogP contribution in [0, 0.1) is 23.7 Å². The Labute approximate surface area is 395 Å². The number of amides is 4. The summed E-state index contributed by atoms with van der Waals surface area (Å²) in [5.74, 6) is -5.33. The molecule has 5 N–H and O–H groups in total. The molecule has 69 heavy (non-hydrogen) atoms. The predicted octanol–water partition coefficient (Wildman–Crippen LogP) is 9.62. The van der Waals surface area contributed by atoms with E-state index in [-0.39, 0.29) is 93.3 Å². The topological polar surface area (TPSA) is 186 Å². The summed E-state index contributed by atoms with van der Waals surface area (Å²) in [6.45, 7) is 0. The molecule has 6 fully saturated rings. The average molecular weight is 951 g/mol. The Morgan fingerprint density at radius 1 is 0.638 bits per heavy atom. The Kier molecular flexibility index (Phi) is 11.2. The van der Waals surface area contributed by atoms with Crippen LogP contribution in [0.15, 0.2) is 73.1 Å². The molecule has 2 aliphatic heterocycles. The minimum atomic E-state index is -2.80. The summed E-state index contributed by atoms with van der Waals surface area (Å²) in [5, 5.41) is 16.7. The zero-order chi connectivity index (χ0) is 47.9. The molecule has 0 bridgehead atoms. The number of benzene rings is 3. The molecule has 3 aromatic carbocycles. The van der Waals surface area contributed by atoms with Gasteiger partial charge in [0.25, 0.3) is 0 Å². The lowest BCUT2D eigenvalue weighted by Crippen LogP contribution is -2.54. The van der Waals surface area contributed by atoms with E-state index in [2.05, 4.69) is 55.9 Å². The van der Waals surface area contributed by atoms with Gasteiger partial charge in [-0.1, -0.05) is 48.5 Å². The van der Waals surface area contributed by atoms with Gasteiger partial charge in [-0.25, -0.2) is 37.1 Å². The first-order valence-corrected chi connectivity index (χ1v) is 24.1. The molecule has 4 saturated carbocycles. The third-order valence-corrected chi connectivity index (χ3v) is 16.0. The summed E-state index contributed by atoms with van der Waals surface area (Å²) in [6.07, 6.45) is 3.47. The van der Waals surface area contributed by atoms with E-state index in [9.17, 15) is 41.8 Å². The summed E-state index contributed by atoms with van der Waals surface area (Å²) in [7, 11) is 1.22.